The molecule has 2 heterocycles. The number of hydrogen-bond acceptors (Lipinski definition) is 8. The average Bonchev–Trinajstić information content (AvgIpc) is 3.30. The molecule has 3 fully saturated rings. The van der Waals surface area contributed by atoms with Crippen LogP contribution >= 0.6 is 0 Å². The van der Waals surface area contributed by atoms with Crippen molar-refractivity contribution in [2.24, 2.45) is 17.8 Å². The van der Waals surface area contributed by atoms with E-state index in [0.717, 1.165) is 5.57 Å². The maximum atomic E-state index is 12.7. The molecular formula is C22H26O8. The number of ether oxygens (including phenoxy) is 4. The summed E-state index contributed by atoms with van der Waals surface area (Å²) in [5.41, 5.74) is 0.861. The van der Waals surface area contributed by atoms with Crippen molar-refractivity contribution in [1.29, 1.82) is 0 Å². The van der Waals surface area contributed by atoms with Gasteiger partial charge < -0.3 is 24.1 Å². The third kappa shape index (κ3) is 3.37. The minimum absolute atomic E-state index is 0.0331. The molecule has 30 heavy (non-hydrogen) atoms. The summed E-state index contributed by atoms with van der Waals surface area (Å²) in [7, 11) is 0. The van der Waals surface area contributed by atoms with E-state index in [4.69, 9.17) is 18.9 Å². The highest BCUT2D eigenvalue weighted by molar-refractivity contribution is 5.92. The molecule has 8 heteroatoms. The molecule has 0 unspecified atom stereocenters. The zero-order valence-corrected chi connectivity index (χ0v) is 17.3. The zero-order valence-electron chi connectivity index (χ0n) is 17.3. The van der Waals surface area contributed by atoms with Crippen molar-refractivity contribution in [3.05, 3.63) is 35.5 Å². The van der Waals surface area contributed by atoms with Crippen LogP contribution in [0.4, 0.5) is 0 Å². The summed E-state index contributed by atoms with van der Waals surface area (Å²) < 4.78 is 22.1. The highest BCUT2D eigenvalue weighted by Crippen LogP contribution is 2.58. The van der Waals surface area contributed by atoms with E-state index in [1.165, 1.54) is 13.0 Å². The Bertz CT molecular complexity index is 864. The fourth-order valence-corrected chi connectivity index (χ4v) is 5.14. The Morgan fingerprint density at radius 1 is 1.37 bits per heavy atom. The molecular weight excluding hydrogens is 392 g/mol. The third-order valence-corrected chi connectivity index (χ3v) is 6.66. The van der Waals surface area contributed by atoms with E-state index >= 15 is 0 Å². The molecule has 8 nitrogen and oxygen atoms in total. The Morgan fingerprint density at radius 2 is 2.07 bits per heavy atom. The van der Waals surface area contributed by atoms with E-state index in [1.54, 1.807) is 13.0 Å². The van der Waals surface area contributed by atoms with Gasteiger partial charge in [-0.1, -0.05) is 18.2 Å². The Labute approximate surface area is 174 Å². The lowest BCUT2D eigenvalue weighted by molar-refractivity contribution is -0.149. The Balaban J connectivity index is 1.61. The van der Waals surface area contributed by atoms with Crippen LogP contribution < -0.4 is 0 Å². The van der Waals surface area contributed by atoms with Crippen LogP contribution in [0.1, 0.15) is 27.2 Å². The molecule has 1 N–H and O–H groups in total. The fraction of sp³-hybridized carbons (Fsp3) is 0.591. The number of aliphatic hydroxyl groups is 1. The standard InChI is InChI=1S/C22H26O8/c1-10(5-6-27-13(4)23)20(25)29-15-8-22(9-28-22)18-14(24)7-11(2)16(18)19-17(15)12(3)21(26)30-19/h5,7,14-19,24H,3,6,8-9H2,1-2,4H3/t14-,15-,16-,17+,18+,19+,22-/m0/s1. The molecule has 2 aliphatic carbocycles. The summed E-state index contributed by atoms with van der Waals surface area (Å²) in [5.74, 6) is -2.54. The molecule has 0 amide bonds. The van der Waals surface area contributed by atoms with Crippen LogP contribution in [-0.4, -0.2) is 60.1 Å². The molecule has 2 aliphatic heterocycles. The summed E-state index contributed by atoms with van der Waals surface area (Å²) in [4.78, 5) is 35.9. The lowest BCUT2D eigenvalue weighted by Gasteiger charge is -2.30. The highest BCUT2D eigenvalue weighted by atomic mass is 16.6. The second kappa shape index (κ2) is 7.35. The summed E-state index contributed by atoms with van der Waals surface area (Å²) in [6.45, 7) is 9.07. The number of carbonyl (C=O) groups is 3. The van der Waals surface area contributed by atoms with Crippen LogP contribution in [0, 0.1) is 17.8 Å². The molecule has 0 radical (unpaired) electrons. The maximum absolute atomic E-state index is 12.7. The molecule has 4 aliphatic rings. The minimum atomic E-state index is -0.717. The number of rotatable bonds is 4. The Hall–Kier alpha value is -2.45. The third-order valence-electron chi connectivity index (χ3n) is 6.66. The van der Waals surface area contributed by atoms with Gasteiger partial charge in [0.25, 0.3) is 0 Å². The first-order valence-corrected chi connectivity index (χ1v) is 10.1. The van der Waals surface area contributed by atoms with Gasteiger partial charge in [0.05, 0.1) is 18.6 Å². The van der Waals surface area contributed by atoms with Crippen molar-refractivity contribution in [3.63, 3.8) is 0 Å². The quantitative estimate of drug-likeness (QED) is 0.239. The number of hydrogen-bond donors (Lipinski definition) is 1. The monoisotopic (exact) mass is 418 g/mol. The van der Waals surface area contributed by atoms with Gasteiger partial charge in [0.15, 0.2) is 0 Å². The summed E-state index contributed by atoms with van der Waals surface area (Å²) in [6, 6.07) is 0. The van der Waals surface area contributed by atoms with E-state index in [9.17, 15) is 19.5 Å². The van der Waals surface area contributed by atoms with Gasteiger partial charge >= 0.3 is 17.9 Å². The number of esters is 3. The average molecular weight is 418 g/mol. The van der Waals surface area contributed by atoms with Crippen molar-refractivity contribution in [1.82, 2.24) is 0 Å². The van der Waals surface area contributed by atoms with Crippen molar-refractivity contribution in [2.75, 3.05) is 13.2 Å². The molecule has 0 aromatic rings. The Morgan fingerprint density at radius 3 is 2.70 bits per heavy atom. The van der Waals surface area contributed by atoms with Crippen molar-refractivity contribution in [2.45, 2.75) is 51.1 Å². The van der Waals surface area contributed by atoms with Crippen LogP contribution in [0.2, 0.25) is 0 Å². The zero-order chi connectivity index (χ0) is 21.8. The highest BCUT2D eigenvalue weighted by Gasteiger charge is 2.67. The maximum Gasteiger partial charge on any atom is 0.334 e. The molecule has 2 saturated heterocycles. The number of aliphatic hydroxyl groups excluding tert-OH is 1. The lowest BCUT2D eigenvalue weighted by Crippen LogP contribution is -2.39. The second-order valence-corrected chi connectivity index (χ2v) is 8.56. The van der Waals surface area contributed by atoms with Gasteiger partial charge in [0.2, 0.25) is 0 Å². The van der Waals surface area contributed by atoms with E-state index in [-0.39, 0.29) is 29.6 Å². The van der Waals surface area contributed by atoms with Gasteiger partial charge in [-0.15, -0.1) is 0 Å². The van der Waals surface area contributed by atoms with Gasteiger partial charge in [0.1, 0.15) is 24.4 Å². The molecule has 0 aromatic heterocycles. The van der Waals surface area contributed by atoms with Crippen molar-refractivity contribution < 1.29 is 38.4 Å². The summed E-state index contributed by atoms with van der Waals surface area (Å²) in [6.07, 6.45) is 1.62. The van der Waals surface area contributed by atoms with Crippen molar-refractivity contribution >= 4 is 17.9 Å². The molecule has 1 saturated carbocycles. The van der Waals surface area contributed by atoms with Crippen molar-refractivity contribution in [3.8, 4) is 0 Å². The van der Waals surface area contributed by atoms with Gasteiger partial charge in [-0.25, -0.2) is 9.59 Å². The van der Waals surface area contributed by atoms with E-state index in [1.807, 2.05) is 6.92 Å². The van der Waals surface area contributed by atoms with Gasteiger partial charge in [-0.3, -0.25) is 4.79 Å². The minimum Gasteiger partial charge on any atom is -0.462 e. The molecule has 162 valence electrons. The van der Waals surface area contributed by atoms with Gasteiger partial charge in [-0.2, -0.15) is 0 Å². The largest absolute Gasteiger partial charge is 0.462 e. The smallest absolute Gasteiger partial charge is 0.334 e. The first-order valence-electron chi connectivity index (χ1n) is 10.1. The van der Waals surface area contributed by atoms with Gasteiger partial charge in [0, 0.05) is 36.3 Å². The molecule has 4 rings (SSSR count). The Kier molecular flexibility index (Phi) is 5.10. The number of carbonyl (C=O) groups excluding carboxylic acids is 3. The topological polar surface area (TPSA) is 112 Å². The fourth-order valence-electron chi connectivity index (χ4n) is 5.14. The predicted molar refractivity (Wildman–Crippen MR) is 103 cm³/mol. The lowest BCUT2D eigenvalue weighted by atomic mass is 9.77. The number of epoxide rings is 1. The van der Waals surface area contributed by atoms with Crippen LogP contribution in [0.15, 0.2) is 35.5 Å². The van der Waals surface area contributed by atoms with Crippen LogP contribution in [0.5, 0.6) is 0 Å². The summed E-state index contributed by atoms with van der Waals surface area (Å²) in [5, 5.41) is 10.7. The summed E-state index contributed by atoms with van der Waals surface area (Å²) >= 11 is 0. The van der Waals surface area contributed by atoms with Crippen LogP contribution in [0.25, 0.3) is 0 Å². The number of fused-ring (bicyclic) bond motifs is 4. The molecule has 7 atom stereocenters. The van der Waals surface area contributed by atoms with E-state index in [2.05, 4.69) is 6.58 Å². The normalized spacial score (nSPS) is 39.6. The van der Waals surface area contributed by atoms with E-state index in [0.29, 0.717) is 13.0 Å². The first kappa shape index (κ1) is 20.8. The predicted octanol–water partition coefficient (Wildman–Crippen LogP) is 1.23. The first-order chi connectivity index (χ1) is 14.1. The SMILES string of the molecule is C=C1C(=O)O[C@@H]2[C@H]3C(C)=C[C@H](O)[C@H]3[C@@]3(CO3)C[C@H](OC(=O)C(C)=CCOC(C)=O)[C@@H]12. The molecule has 1 spiro atoms. The van der Waals surface area contributed by atoms with E-state index < -0.39 is 47.7 Å². The molecule has 0 aromatic carbocycles. The van der Waals surface area contributed by atoms with Crippen LogP contribution in [-0.2, 0) is 33.3 Å². The van der Waals surface area contributed by atoms with Gasteiger partial charge in [-0.05, 0) is 19.9 Å². The van der Waals surface area contributed by atoms with Crippen LogP contribution in [0.3, 0.4) is 0 Å². The molecule has 0 bridgehead atoms. The second-order valence-electron chi connectivity index (χ2n) is 8.56.